The molecule has 31 heavy (non-hydrogen) atoms. The van der Waals surface area contributed by atoms with Crippen LogP contribution in [-0.4, -0.2) is 22.4 Å². The Morgan fingerprint density at radius 2 is 1.94 bits per heavy atom. The number of carbonyl (C=O) groups is 1. The van der Waals surface area contributed by atoms with Crippen molar-refractivity contribution in [1.82, 2.24) is 20.6 Å². The number of fused-ring (bicyclic) bond motifs is 2. The highest BCUT2D eigenvalue weighted by Crippen LogP contribution is 2.41. The Hall–Kier alpha value is -2.69. The maximum Gasteiger partial charge on any atom is 0.420 e. The number of rotatable bonds is 3. The average molecular weight is 466 g/mol. The Morgan fingerprint density at radius 3 is 2.68 bits per heavy atom. The zero-order chi connectivity index (χ0) is 21.8. The third kappa shape index (κ3) is 3.75. The van der Waals surface area contributed by atoms with Crippen molar-refractivity contribution in [3.05, 3.63) is 56.5 Å². The molecule has 0 unspecified atom stereocenters. The van der Waals surface area contributed by atoms with Crippen LogP contribution in [0.5, 0.6) is 0 Å². The van der Waals surface area contributed by atoms with E-state index in [1.807, 2.05) is 12.1 Å². The molecular weight excluding hydrogens is 451 g/mol. The molecule has 0 aliphatic carbocycles. The van der Waals surface area contributed by atoms with E-state index in [0.717, 1.165) is 33.5 Å². The van der Waals surface area contributed by atoms with E-state index in [1.54, 1.807) is 0 Å². The van der Waals surface area contributed by atoms with Crippen molar-refractivity contribution in [2.45, 2.75) is 25.7 Å². The summed E-state index contributed by atoms with van der Waals surface area (Å²) in [5.41, 5.74) is 1.81. The molecule has 0 saturated heterocycles. The molecule has 2 aromatic heterocycles. The molecule has 6 nitrogen and oxygen atoms in total. The van der Waals surface area contributed by atoms with Crippen molar-refractivity contribution in [2.24, 2.45) is 0 Å². The van der Waals surface area contributed by atoms with E-state index >= 15 is 0 Å². The topological polar surface area (TPSA) is 78.9 Å². The van der Waals surface area contributed by atoms with Gasteiger partial charge in [0, 0.05) is 30.7 Å². The fourth-order valence-corrected chi connectivity index (χ4v) is 5.08. The van der Waals surface area contributed by atoms with Gasteiger partial charge in [-0.15, -0.1) is 11.3 Å². The first-order valence-corrected chi connectivity index (χ1v) is 10.6. The smallest absolute Gasteiger partial charge is 0.352 e. The quantitative estimate of drug-likeness (QED) is 0.530. The monoisotopic (exact) mass is 465 g/mol. The van der Waals surface area contributed by atoms with Crippen LogP contribution in [0.2, 0.25) is 5.02 Å². The summed E-state index contributed by atoms with van der Waals surface area (Å²) >= 11 is 7.48. The Balaban J connectivity index is 1.57. The second-order valence-corrected chi connectivity index (χ2v) is 8.78. The van der Waals surface area contributed by atoms with Crippen LogP contribution in [0.25, 0.3) is 10.6 Å². The zero-order valence-electron chi connectivity index (χ0n) is 15.9. The third-order valence-corrected chi connectivity index (χ3v) is 6.70. The summed E-state index contributed by atoms with van der Waals surface area (Å²) < 4.78 is 41.0. The molecule has 1 amide bonds. The Bertz CT molecular complexity index is 1210. The van der Waals surface area contributed by atoms with Gasteiger partial charge in [-0.1, -0.05) is 11.6 Å². The molecule has 0 saturated carbocycles. The average Bonchev–Trinajstić information content (AvgIpc) is 3.34. The minimum atomic E-state index is -4.64. The molecule has 2 aliphatic rings. The highest BCUT2D eigenvalue weighted by molar-refractivity contribution is 7.15. The molecule has 2 aliphatic heterocycles. The van der Waals surface area contributed by atoms with Crippen LogP contribution >= 0.6 is 22.9 Å². The molecule has 0 atom stereocenters. The van der Waals surface area contributed by atoms with Gasteiger partial charge in [0.25, 0.3) is 5.91 Å². The number of hydrogen-bond acceptors (Lipinski definition) is 6. The highest BCUT2D eigenvalue weighted by atomic mass is 35.5. The van der Waals surface area contributed by atoms with Gasteiger partial charge in [-0.25, -0.2) is 9.97 Å². The fraction of sp³-hybridized carbons (Fsp3) is 0.250. The molecule has 0 bridgehead atoms. The standard InChI is InChI=1S/C20H15ClF3N5OS/c21-13-3-9-6-25-7-10(9)4-14(13)28-19-27-8-12(20(22,23)24)17(29-19)16-5-11-15(31-16)1-2-26-18(11)30/h3-5,8,25H,1-2,6-7H2,(H,26,30)(H,27,28,29). The van der Waals surface area contributed by atoms with Crippen molar-refractivity contribution in [1.29, 1.82) is 0 Å². The highest BCUT2D eigenvalue weighted by Gasteiger charge is 2.36. The molecule has 4 heterocycles. The summed E-state index contributed by atoms with van der Waals surface area (Å²) in [6.07, 6.45) is -3.31. The van der Waals surface area contributed by atoms with Gasteiger partial charge < -0.3 is 16.0 Å². The minimum absolute atomic E-state index is 0.00775. The number of alkyl halides is 3. The van der Waals surface area contributed by atoms with E-state index in [9.17, 15) is 18.0 Å². The van der Waals surface area contributed by atoms with Gasteiger partial charge in [-0.05, 0) is 35.7 Å². The summed E-state index contributed by atoms with van der Waals surface area (Å²) in [7, 11) is 0. The lowest BCUT2D eigenvalue weighted by atomic mass is 10.1. The van der Waals surface area contributed by atoms with Crippen LogP contribution in [-0.2, 0) is 25.7 Å². The van der Waals surface area contributed by atoms with E-state index in [-0.39, 0.29) is 22.4 Å². The number of benzene rings is 1. The Morgan fingerprint density at radius 1 is 1.16 bits per heavy atom. The number of carbonyl (C=O) groups excluding carboxylic acids is 1. The van der Waals surface area contributed by atoms with Crippen LogP contribution in [0.1, 0.15) is 31.9 Å². The summed E-state index contributed by atoms with van der Waals surface area (Å²) in [5, 5.41) is 9.28. The lowest BCUT2D eigenvalue weighted by Crippen LogP contribution is -2.30. The molecule has 1 aromatic carbocycles. The molecule has 3 N–H and O–H groups in total. The summed E-state index contributed by atoms with van der Waals surface area (Å²) in [5.74, 6) is -0.296. The first-order valence-electron chi connectivity index (χ1n) is 9.44. The number of thiophene rings is 1. The maximum absolute atomic E-state index is 13.7. The Labute approximate surface area is 183 Å². The van der Waals surface area contributed by atoms with E-state index in [4.69, 9.17) is 11.6 Å². The lowest BCUT2D eigenvalue weighted by molar-refractivity contribution is -0.137. The molecule has 0 radical (unpaired) electrons. The van der Waals surface area contributed by atoms with Gasteiger partial charge in [-0.3, -0.25) is 4.79 Å². The lowest BCUT2D eigenvalue weighted by Gasteiger charge is -2.14. The van der Waals surface area contributed by atoms with Crippen LogP contribution < -0.4 is 16.0 Å². The molecule has 11 heteroatoms. The number of hydrogen-bond donors (Lipinski definition) is 3. The van der Waals surface area contributed by atoms with Gasteiger partial charge in [0.1, 0.15) is 5.56 Å². The minimum Gasteiger partial charge on any atom is -0.352 e. The molecule has 160 valence electrons. The maximum atomic E-state index is 13.7. The normalized spacial score (nSPS) is 15.4. The molecule has 0 fully saturated rings. The second-order valence-electron chi connectivity index (χ2n) is 7.24. The SMILES string of the molecule is O=C1NCCc2sc(-c3nc(Nc4cc5c(cc4Cl)CNC5)ncc3C(F)(F)F)cc21. The van der Waals surface area contributed by atoms with Crippen LogP contribution in [0.4, 0.5) is 24.8 Å². The Kier molecular flexibility index (Phi) is 4.87. The molecule has 0 spiro atoms. The van der Waals surface area contributed by atoms with E-state index in [2.05, 4.69) is 25.9 Å². The number of halogens is 4. The predicted molar refractivity (Wildman–Crippen MR) is 112 cm³/mol. The first-order chi connectivity index (χ1) is 14.8. The molecule has 3 aromatic rings. The van der Waals surface area contributed by atoms with E-state index in [1.165, 1.54) is 6.07 Å². The summed E-state index contributed by atoms with van der Waals surface area (Å²) in [4.78, 5) is 21.1. The second kappa shape index (κ2) is 7.47. The first kappa shape index (κ1) is 20.2. The number of amides is 1. The summed E-state index contributed by atoms with van der Waals surface area (Å²) in [6.45, 7) is 1.86. The van der Waals surface area contributed by atoms with Gasteiger partial charge in [0.2, 0.25) is 5.95 Å². The van der Waals surface area contributed by atoms with Crippen LogP contribution in [0.3, 0.4) is 0 Å². The van der Waals surface area contributed by atoms with Gasteiger partial charge in [0.15, 0.2) is 0 Å². The van der Waals surface area contributed by atoms with Gasteiger partial charge >= 0.3 is 6.18 Å². The molecule has 5 rings (SSSR count). The summed E-state index contributed by atoms with van der Waals surface area (Å²) in [6, 6.07) is 5.12. The van der Waals surface area contributed by atoms with Crippen LogP contribution in [0, 0.1) is 0 Å². The van der Waals surface area contributed by atoms with E-state index in [0.29, 0.717) is 42.3 Å². The zero-order valence-corrected chi connectivity index (χ0v) is 17.4. The largest absolute Gasteiger partial charge is 0.420 e. The van der Waals surface area contributed by atoms with Gasteiger partial charge in [-0.2, -0.15) is 13.2 Å². The predicted octanol–water partition coefficient (Wildman–Crippen LogP) is 4.51. The van der Waals surface area contributed by atoms with Crippen molar-refractivity contribution >= 4 is 40.5 Å². The number of aromatic nitrogens is 2. The fourth-order valence-electron chi connectivity index (χ4n) is 3.68. The number of anilines is 2. The van der Waals surface area contributed by atoms with Crippen molar-refractivity contribution in [3.8, 4) is 10.6 Å². The third-order valence-electron chi connectivity index (χ3n) is 5.19. The van der Waals surface area contributed by atoms with Gasteiger partial charge in [0.05, 0.1) is 26.8 Å². The number of nitrogens with one attached hydrogen (secondary N) is 3. The van der Waals surface area contributed by atoms with E-state index < -0.39 is 11.7 Å². The van der Waals surface area contributed by atoms with Crippen LogP contribution in [0.15, 0.2) is 24.4 Å². The van der Waals surface area contributed by atoms with Crippen molar-refractivity contribution in [3.63, 3.8) is 0 Å². The molecular formula is C20H15ClF3N5OS. The number of nitrogens with zero attached hydrogens (tertiary/aromatic N) is 2. The van der Waals surface area contributed by atoms with Crippen molar-refractivity contribution in [2.75, 3.05) is 11.9 Å². The van der Waals surface area contributed by atoms with Crippen molar-refractivity contribution < 1.29 is 18.0 Å².